The summed E-state index contributed by atoms with van der Waals surface area (Å²) in [6, 6.07) is 0.753. The minimum atomic E-state index is -1.22. The molecule has 0 saturated carbocycles. The van der Waals surface area contributed by atoms with Crippen molar-refractivity contribution in [3.8, 4) is 0 Å². The summed E-state index contributed by atoms with van der Waals surface area (Å²) in [5.41, 5.74) is 5.68. The number of nitrogens with one attached hydrogen (secondary N) is 1. The fourth-order valence-corrected chi connectivity index (χ4v) is 5.18. The quantitative estimate of drug-likeness (QED) is 0.138. The van der Waals surface area contributed by atoms with Crippen molar-refractivity contribution in [3.05, 3.63) is 47.1 Å². The number of nitrogen functional groups attached to an aromatic ring is 1. The van der Waals surface area contributed by atoms with Gasteiger partial charge in [0.15, 0.2) is 10.8 Å². The molecule has 0 aliphatic carbocycles. The summed E-state index contributed by atoms with van der Waals surface area (Å²) < 4.78 is 1.71. The first kappa shape index (κ1) is 20.7. The molecule has 4 heterocycles. The summed E-state index contributed by atoms with van der Waals surface area (Å²) in [6.45, 7) is 0.266. The van der Waals surface area contributed by atoms with E-state index in [4.69, 9.17) is 5.73 Å². The number of carboxylic acid groups (broad SMARTS) is 1. The van der Waals surface area contributed by atoms with Gasteiger partial charge in [0.2, 0.25) is 0 Å². The molecule has 4 rings (SSSR count). The van der Waals surface area contributed by atoms with Crippen LogP contribution in [0.5, 0.6) is 0 Å². The lowest BCUT2D eigenvalue weighted by atomic mass is 10.0. The van der Waals surface area contributed by atoms with Crippen LogP contribution in [0.2, 0.25) is 0 Å². The molecule has 2 aromatic rings. The van der Waals surface area contributed by atoms with Gasteiger partial charge in [-0.15, -0.1) is 23.1 Å². The van der Waals surface area contributed by atoms with Crippen molar-refractivity contribution >= 4 is 51.7 Å². The number of oxime groups is 1. The molecule has 0 aromatic carbocycles. The summed E-state index contributed by atoms with van der Waals surface area (Å²) in [5.74, 6) is -2.25. The van der Waals surface area contributed by atoms with Gasteiger partial charge in [0.05, 0.1) is 6.20 Å². The van der Waals surface area contributed by atoms with Gasteiger partial charge >= 0.3 is 5.97 Å². The predicted molar refractivity (Wildman–Crippen MR) is 109 cm³/mol. The van der Waals surface area contributed by atoms with Crippen LogP contribution >= 0.6 is 23.1 Å². The number of thiazole rings is 1. The molecule has 2 aromatic heterocycles. The minimum absolute atomic E-state index is 0.0735. The number of aromatic nitrogens is 3. The van der Waals surface area contributed by atoms with E-state index in [0.29, 0.717) is 11.3 Å². The molecule has 1 fully saturated rings. The zero-order valence-corrected chi connectivity index (χ0v) is 17.3. The van der Waals surface area contributed by atoms with Gasteiger partial charge in [-0.3, -0.25) is 14.5 Å². The highest BCUT2D eigenvalue weighted by atomic mass is 32.2. The number of fused-ring (bicyclic) bond motifs is 1. The largest absolute Gasteiger partial charge is 0.477 e. The topological polar surface area (TPSA) is 175 Å². The third kappa shape index (κ3) is 3.82. The second-order valence-electron chi connectivity index (χ2n) is 6.57. The van der Waals surface area contributed by atoms with E-state index in [9.17, 15) is 24.7 Å². The number of carboxylic acids is 1. The van der Waals surface area contributed by atoms with Crippen LogP contribution in [0.3, 0.4) is 0 Å². The third-order valence-electron chi connectivity index (χ3n) is 4.65. The van der Waals surface area contributed by atoms with Crippen molar-refractivity contribution < 1.29 is 29.3 Å². The van der Waals surface area contributed by atoms with E-state index in [1.807, 2.05) is 0 Å². The molecule has 1 unspecified atom stereocenters. The van der Waals surface area contributed by atoms with Crippen molar-refractivity contribution in [2.45, 2.75) is 18.0 Å². The molecule has 2 amide bonds. The number of amides is 2. The molecular formula is C17H16N7O5S2+. The molecule has 12 nitrogen and oxygen atoms in total. The zero-order valence-electron chi connectivity index (χ0n) is 15.7. The molecule has 5 N–H and O–H groups in total. The SMILES string of the molecule is Nc1nc(/C(=N/O)C(=O)N[C@@H]2C(=O)N3C(C(=O)O)=C(C[n+]4cccnc4)CSC23)cs1. The maximum absolute atomic E-state index is 12.7. The number of hydrogen-bond donors (Lipinski definition) is 4. The number of nitrogens with zero attached hydrogens (tertiary/aromatic N) is 5. The number of β-lactam (4-membered cyclic amide) rings is 1. The average molecular weight is 462 g/mol. The van der Waals surface area contributed by atoms with E-state index in [1.165, 1.54) is 22.0 Å². The zero-order chi connectivity index (χ0) is 22.1. The van der Waals surface area contributed by atoms with Crippen LogP contribution < -0.4 is 15.6 Å². The molecule has 0 bridgehead atoms. The lowest BCUT2D eigenvalue weighted by molar-refractivity contribution is -0.692. The Bertz CT molecular complexity index is 1120. The molecule has 0 spiro atoms. The van der Waals surface area contributed by atoms with Gasteiger partial charge in [0.1, 0.15) is 35.5 Å². The van der Waals surface area contributed by atoms with Crippen LogP contribution in [0, 0.1) is 0 Å². The van der Waals surface area contributed by atoms with Crippen LogP contribution in [0.25, 0.3) is 0 Å². The second kappa shape index (κ2) is 8.31. The first-order chi connectivity index (χ1) is 14.9. The summed E-state index contributed by atoms with van der Waals surface area (Å²) in [4.78, 5) is 46.2. The normalized spacial score (nSPS) is 20.8. The highest BCUT2D eigenvalue weighted by Crippen LogP contribution is 2.40. The lowest BCUT2D eigenvalue weighted by Crippen LogP contribution is -2.71. The fourth-order valence-electron chi connectivity index (χ4n) is 3.30. The Morgan fingerprint density at radius 3 is 2.87 bits per heavy atom. The Hall–Kier alpha value is -3.52. The molecule has 2 atom stereocenters. The standard InChI is InChI=1S/C17H15N7O5S2/c18-17-20-9(6-31-17)10(22-29)13(25)21-11-14(26)24-12(16(27)28)8(5-30-15(11)24)4-23-3-1-2-19-7-23/h1-3,6-7,11,15H,4-5H2,(H4-,18,20,21,25,27,28,29)/p+1/t11-,15?/m1/s1. The number of aliphatic carboxylic acids is 1. The average Bonchev–Trinajstić information content (AvgIpc) is 3.18. The maximum atomic E-state index is 12.7. The maximum Gasteiger partial charge on any atom is 0.352 e. The molecule has 31 heavy (non-hydrogen) atoms. The summed E-state index contributed by atoms with van der Waals surface area (Å²) in [5, 5.41) is 25.4. The van der Waals surface area contributed by atoms with Crippen molar-refractivity contribution in [3.63, 3.8) is 0 Å². The minimum Gasteiger partial charge on any atom is -0.477 e. The summed E-state index contributed by atoms with van der Waals surface area (Å²) in [7, 11) is 0. The van der Waals surface area contributed by atoms with Gasteiger partial charge in [0.25, 0.3) is 18.1 Å². The molecule has 14 heteroatoms. The van der Waals surface area contributed by atoms with Gasteiger partial charge in [0, 0.05) is 22.8 Å². The Morgan fingerprint density at radius 1 is 1.45 bits per heavy atom. The van der Waals surface area contributed by atoms with Crippen LogP contribution in [-0.4, -0.2) is 65.8 Å². The third-order valence-corrected chi connectivity index (χ3v) is 6.67. The van der Waals surface area contributed by atoms with Gasteiger partial charge in [-0.1, -0.05) is 10.1 Å². The van der Waals surface area contributed by atoms with Crippen LogP contribution in [-0.2, 0) is 20.9 Å². The van der Waals surface area contributed by atoms with Gasteiger partial charge in [-0.2, -0.15) is 0 Å². The highest BCUT2D eigenvalue weighted by molar-refractivity contribution is 8.00. The number of carbonyl (C=O) groups excluding carboxylic acids is 2. The van der Waals surface area contributed by atoms with Crippen molar-refractivity contribution in [2.75, 3.05) is 11.5 Å². The monoisotopic (exact) mass is 462 g/mol. The highest BCUT2D eigenvalue weighted by Gasteiger charge is 2.54. The van der Waals surface area contributed by atoms with Crippen molar-refractivity contribution in [1.29, 1.82) is 0 Å². The van der Waals surface area contributed by atoms with Crippen LogP contribution in [0.4, 0.5) is 5.13 Å². The number of thioether (sulfide) groups is 1. The fraction of sp³-hybridized carbons (Fsp3) is 0.235. The van der Waals surface area contributed by atoms with Gasteiger partial charge in [-0.25, -0.2) is 14.3 Å². The van der Waals surface area contributed by atoms with E-state index in [-0.39, 0.29) is 28.8 Å². The Labute approximate surface area is 183 Å². The summed E-state index contributed by atoms with van der Waals surface area (Å²) in [6.07, 6.45) is 4.91. The van der Waals surface area contributed by atoms with E-state index < -0.39 is 29.2 Å². The van der Waals surface area contributed by atoms with Crippen molar-refractivity contribution in [2.24, 2.45) is 5.16 Å². The molecule has 160 valence electrons. The number of hydrogen-bond acceptors (Lipinski definition) is 10. The van der Waals surface area contributed by atoms with E-state index in [2.05, 4.69) is 20.4 Å². The second-order valence-corrected chi connectivity index (χ2v) is 8.56. The Kier molecular flexibility index (Phi) is 5.56. The molecule has 2 aliphatic heterocycles. The van der Waals surface area contributed by atoms with Gasteiger partial charge in [-0.05, 0) is 0 Å². The van der Waals surface area contributed by atoms with Gasteiger partial charge < -0.3 is 21.4 Å². The first-order valence-electron chi connectivity index (χ1n) is 8.84. The smallest absolute Gasteiger partial charge is 0.352 e. The number of nitrogens with two attached hydrogens (primary N) is 1. The van der Waals surface area contributed by atoms with Crippen molar-refractivity contribution in [1.82, 2.24) is 20.2 Å². The molecule has 2 aliphatic rings. The number of anilines is 1. The molecule has 1 saturated heterocycles. The molecule has 0 radical (unpaired) electrons. The summed E-state index contributed by atoms with van der Waals surface area (Å²) >= 11 is 2.40. The number of rotatable bonds is 6. The Morgan fingerprint density at radius 2 is 2.26 bits per heavy atom. The first-order valence-corrected chi connectivity index (χ1v) is 10.8. The van der Waals surface area contributed by atoms with E-state index in [0.717, 1.165) is 11.3 Å². The number of carbonyl (C=O) groups is 3. The van der Waals surface area contributed by atoms with Crippen LogP contribution in [0.1, 0.15) is 5.69 Å². The van der Waals surface area contributed by atoms with E-state index in [1.54, 1.807) is 29.4 Å². The lowest BCUT2D eigenvalue weighted by Gasteiger charge is -2.49. The van der Waals surface area contributed by atoms with E-state index >= 15 is 0 Å². The predicted octanol–water partition coefficient (Wildman–Crippen LogP) is -0.975. The Balaban J connectivity index is 1.52. The van der Waals surface area contributed by atoms with Crippen LogP contribution in [0.15, 0.2) is 46.6 Å². The molecular weight excluding hydrogens is 446 g/mol.